The Morgan fingerprint density at radius 1 is 0.857 bits per heavy atom. The van der Waals surface area contributed by atoms with Gasteiger partial charge in [0.1, 0.15) is 0 Å². The number of non-ortho nitro benzene ring substituents is 1. The number of nitro groups is 1. The minimum atomic E-state index is -0.492. The molecule has 0 heterocycles. The molecule has 0 fully saturated rings. The van der Waals surface area contributed by atoms with E-state index in [-0.39, 0.29) is 5.69 Å². The maximum atomic E-state index is 12.5. The van der Waals surface area contributed by atoms with Crippen molar-refractivity contribution in [2.75, 3.05) is 5.32 Å². The van der Waals surface area contributed by atoms with Gasteiger partial charge >= 0.3 is 6.03 Å². The Morgan fingerprint density at radius 2 is 1.39 bits per heavy atom. The first-order chi connectivity index (χ1) is 13.5. The SMILES string of the molecule is NC(c1ccccc1)C(NC(=O)Nc1ccc([N+](=O)[O-])cc1)c1ccccc1. The first-order valence-corrected chi connectivity index (χ1v) is 8.72. The van der Waals surface area contributed by atoms with Crippen molar-refractivity contribution in [3.63, 3.8) is 0 Å². The highest BCUT2D eigenvalue weighted by atomic mass is 16.6. The summed E-state index contributed by atoms with van der Waals surface area (Å²) in [5.74, 6) is 0. The number of hydrogen-bond donors (Lipinski definition) is 3. The Morgan fingerprint density at radius 3 is 1.93 bits per heavy atom. The molecule has 142 valence electrons. The summed E-state index contributed by atoms with van der Waals surface area (Å²) >= 11 is 0. The first kappa shape index (κ1) is 19.1. The van der Waals surface area contributed by atoms with Gasteiger partial charge in [0.15, 0.2) is 0 Å². The number of nitrogens with one attached hydrogen (secondary N) is 2. The second kappa shape index (κ2) is 8.79. The van der Waals surface area contributed by atoms with Crippen molar-refractivity contribution in [1.29, 1.82) is 0 Å². The number of carbonyl (C=O) groups excluding carboxylic acids is 1. The third-order valence-corrected chi connectivity index (χ3v) is 4.32. The van der Waals surface area contributed by atoms with E-state index >= 15 is 0 Å². The molecule has 2 amide bonds. The van der Waals surface area contributed by atoms with Gasteiger partial charge < -0.3 is 16.4 Å². The molecular weight excluding hydrogens is 356 g/mol. The van der Waals surface area contributed by atoms with Gasteiger partial charge in [0.25, 0.3) is 5.69 Å². The summed E-state index contributed by atoms with van der Waals surface area (Å²) < 4.78 is 0. The molecule has 7 heteroatoms. The van der Waals surface area contributed by atoms with E-state index in [4.69, 9.17) is 5.73 Å². The molecule has 0 saturated carbocycles. The van der Waals surface area contributed by atoms with E-state index < -0.39 is 23.0 Å². The number of nitrogens with two attached hydrogens (primary N) is 1. The fourth-order valence-corrected chi connectivity index (χ4v) is 2.88. The Kier molecular flexibility index (Phi) is 5.98. The highest BCUT2D eigenvalue weighted by molar-refractivity contribution is 5.89. The molecule has 3 aromatic rings. The van der Waals surface area contributed by atoms with Crippen molar-refractivity contribution in [3.05, 3.63) is 106 Å². The number of carbonyl (C=O) groups is 1. The lowest BCUT2D eigenvalue weighted by Crippen LogP contribution is -2.38. The molecule has 0 aliphatic rings. The van der Waals surface area contributed by atoms with Crippen LogP contribution < -0.4 is 16.4 Å². The van der Waals surface area contributed by atoms with Gasteiger partial charge in [-0.2, -0.15) is 0 Å². The van der Waals surface area contributed by atoms with Gasteiger partial charge in [0.05, 0.1) is 17.0 Å². The van der Waals surface area contributed by atoms with Crippen LogP contribution in [0, 0.1) is 10.1 Å². The monoisotopic (exact) mass is 376 g/mol. The molecule has 0 aromatic heterocycles. The molecule has 0 bridgehead atoms. The molecule has 7 nitrogen and oxygen atoms in total. The predicted molar refractivity (Wildman–Crippen MR) is 108 cm³/mol. The van der Waals surface area contributed by atoms with E-state index in [0.29, 0.717) is 5.69 Å². The van der Waals surface area contributed by atoms with Crippen molar-refractivity contribution in [2.45, 2.75) is 12.1 Å². The van der Waals surface area contributed by atoms with E-state index in [1.165, 1.54) is 24.3 Å². The Balaban J connectivity index is 1.77. The second-order valence-corrected chi connectivity index (χ2v) is 6.23. The maximum Gasteiger partial charge on any atom is 0.319 e. The second-order valence-electron chi connectivity index (χ2n) is 6.23. The number of anilines is 1. The average Bonchev–Trinajstić information content (AvgIpc) is 2.73. The number of benzene rings is 3. The fraction of sp³-hybridized carbons (Fsp3) is 0.0952. The Bertz CT molecular complexity index is 931. The molecule has 4 N–H and O–H groups in total. The molecule has 2 unspecified atom stereocenters. The van der Waals surface area contributed by atoms with Crippen LogP contribution >= 0.6 is 0 Å². The zero-order chi connectivity index (χ0) is 19.9. The highest BCUT2D eigenvalue weighted by Gasteiger charge is 2.23. The number of amides is 2. The van der Waals surface area contributed by atoms with Crippen LogP contribution in [0.2, 0.25) is 0 Å². The largest absolute Gasteiger partial charge is 0.329 e. The standard InChI is InChI=1S/C21H20N4O3/c22-19(15-7-3-1-4-8-15)20(16-9-5-2-6-10-16)24-21(26)23-17-11-13-18(14-12-17)25(27)28/h1-14,19-20H,22H2,(H2,23,24,26). The van der Waals surface area contributed by atoms with Crippen LogP contribution in [0.1, 0.15) is 23.2 Å². The van der Waals surface area contributed by atoms with Crippen LogP contribution in [0.15, 0.2) is 84.9 Å². The van der Waals surface area contributed by atoms with Crippen molar-refractivity contribution in [1.82, 2.24) is 5.32 Å². The fourth-order valence-electron chi connectivity index (χ4n) is 2.88. The zero-order valence-corrected chi connectivity index (χ0v) is 15.0. The van der Waals surface area contributed by atoms with Crippen LogP contribution in [-0.2, 0) is 0 Å². The van der Waals surface area contributed by atoms with Crippen molar-refractivity contribution < 1.29 is 9.72 Å². The number of hydrogen-bond acceptors (Lipinski definition) is 4. The van der Waals surface area contributed by atoms with E-state index in [9.17, 15) is 14.9 Å². The van der Waals surface area contributed by atoms with E-state index in [0.717, 1.165) is 11.1 Å². The number of nitrogens with zero attached hydrogens (tertiary/aromatic N) is 1. The van der Waals surface area contributed by atoms with Crippen LogP contribution in [0.5, 0.6) is 0 Å². The molecular formula is C21H20N4O3. The topological polar surface area (TPSA) is 110 Å². The van der Waals surface area contributed by atoms with Gasteiger partial charge in [0.2, 0.25) is 0 Å². The van der Waals surface area contributed by atoms with Gasteiger partial charge in [-0.1, -0.05) is 60.7 Å². The molecule has 0 saturated heterocycles. The van der Waals surface area contributed by atoms with Gasteiger partial charge in [0, 0.05) is 17.8 Å². The van der Waals surface area contributed by atoms with Gasteiger partial charge in [-0.3, -0.25) is 10.1 Å². The summed E-state index contributed by atoms with van der Waals surface area (Å²) in [6, 6.07) is 23.3. The summed E-state index contributed by atoms with van der Waals surface area (Å²) in [5.41, 5.74) is 8.62. The third kappa shape index (κ3) is 4.72. The first-order valence-electron chi connectivity index (χ1n) is 8.72. The molecule has 28 heavy (non-hydrogen) atoms. The van der Waals surface area contributed by atoms with E-state index in [1.807, 2.05) is 60.7 Å². The van der Waals surface area contributed by atoms with Gasteiger partial charge in [-0.25, -0.2) is 4.79 Å². The number of urea groups is 1. The molecule has 3 aromatic carbocycles. The third-order valence-electron chi connectivity index (χ3n) is 4.32. The number of rotatable bonds is 6. The lowest BCUT2D eigenvalue weighted by atomic mass is 9.94. The zero-order valence-electron chi connectivity index (χ0n) is 15.0. The lowest BCUT2D eigenvalue weighted by molar-refractivity contribution is -0.384. The van der Waals surface area contributed by atoms with Gasteiger partial charge in [-0.15, -0.1) is 0 Å². The minimum absolute atomic E-state index is 0.0424. The Hall–Kier alpha value is -3.71. The molecule has 0 aliphatic heterocycles. The summed E-state index contributed by atoms with van der Waals surface area (Å²) in [4.78, 5) is 22.8. The maximum absolute atomic E-state index is 12.5. The smallest absolute Gasteiger partial charge is 0.319 e. The number of nitro benzene ring substituents is 1. The van der Waals surface area contributed by atoms with Crippen molar-refractivity contribution in [3.8, 4) is 0 Å². The average molecular weight is 376 g/mol. The molecule has 3 rings (SSSR count). The van der Waals surface area contributed by atoms with E-state index in [2.05, 4.69) is 10.6 Å². The quantitative estimate of drug-likeness (QED) is 0.443. The normalized spacial score (nSPS) is 12.6. The van der Waals surface area contributed by atoms with Gasteiger partial charge in [-0.05, 0) is 23.3 Å². The summed E-state index contributed by atoms with van der Waals surface area (Å²) in [7, 11) is 0. The predicted octanol–water partition coefficient (Wildman–Crippen LogP) is 4.16. The highest BCUT2D eigenvalue weighted by Crippen LogP contribution is 2.27. The minimum Gasteiger partial charge on any atom is -0.329 e. The summed E-state index contributed by atoms with van der Waals surface area (Å²) in [5, 5.41) is 16.3. The van der Waals surface area contributed by atoms with Crippen LogP contribution in [0.3, 0.4) is 0 Å². The molecule has 2 atom stereocenters. The van der Waals surface area contributed by atoms with E-state index in [1.54, 1.807) is 0 Å². The van der Waals surface area contributed by atoms with Crippen molar-refractivity contribution in [2.24, 2.45) is 5.73 Å². The molecule has 0 aliphatic carbocycles. The van der Waals surface area contributed by atoms with Crippen LogP contribution in [0.4, 0.5) is 16.2 Å². The molecule has 0 spiro atoms. The summed E-state index contributed by atoms with van der Waals surface area (Å²) in [6.07, 6.45) is 0. The Labute approximate surface area is 162 Å². The molecule has 0 radical (unpaired) electrons. The van der Waals surface area contributed by atoms with Crippen molar-refractivity contribution >= 4 is 17.4 Å². The van der Waals surface area contributed by atoms with Crippen LogP contribution in [0.25, 0.3) is 0 Å². The van der Waals surface area contributed by atoms with Crippen LogP contribution in [-0.4, -0.2) is 11.0 Å². The lowest BCUT2D eigenvalue weighted by Gasteiger charge is -2.26. The summed E-state index contributed by atoms with van der Waals surface area (Å²) in [6.45, 7) is 0.